The third-order valence-corrected chi connectivity index (χ3v) is 4.76. The van der Waals surface area contributed by atoms with E-state index in [4.69, 9.17) is 4.74 Å². The van der Waals surface area contributed by atoms with Crippen LogP contribution in [0.25, 0.3) is 0 Å². The van der Waals surface area contributed by atoms with Gasteiger partial charge < -0.3 is 10.1 Å². The summed E-state index contributed by atoms with van der Waals surface area (Å²) in [6.07, 6.45) is 1.92. The number of carbonyl (C=O) groups excluding carboxylic acids is 1. The van der Waals surface area contributed by atoms with E-state index < -0.39 is 0 Å². The monoisotopic (exact) mass is 408 g/mol. The van der Waals surface area contributed by atoms with E-state index in [0.717, 1.165) is 15.7 Å². The molecule has 1 aromatic heterocycles. The van der Waals surface area contributed by atoms with Crippen molar-refractivity contribution in [3.8, 4) is 0 Å². The van der Waals surface area contributed by atoms with Gasteiger partial charge in [0.25, 0.3) is 0 Å². The number of halogens is 1. The summed E-state index contributed by atoms with van der Waals surface area (Å²) in [5.41, 5.74) is 2.22. The predicted molar refractivity (Wildman–Crippen MR) is 97.0 cm³/mol. The number of esters is 1. The van der Waals surface area contributed by atoms with Crippen LogP contribution < -0.4 is 5.32 Å². The first-order chi connectivity index (χ1) is 11.5. The molecular formula is C16H17BrN4O2S. The van der Waals surface area contributed by atoms with Gasteiger partial charge >= 0.3 is 5.97 Å². The van der Waals surface area contributed by atoms with Gasteiger partial charge in [-0.15, -0.1) is 5.10 Å². The molecule has 3 rings (SSSR count). The van der Waals surface area contributed by atoms with Crippen molar-refractivity contribution in [2.45, 2.75) is 25.0 Å². The molecule has 1 aliphatic heterocycles. The number of fused-ring (bicyclic) bond motifs is 1. The summed E-state index contributed by atoms with van der Waals surface area (Å²) in [6, 6.07) is 7.46. The van der Waals surface area contributed by atoms with Crippen LogP contribution in [0.4, 0.5) is 5.95 Å². The van der Waals surface area contributed by atoms with Crippen LogP contribution in [-0.4, -0.2) is 33.6 Å². The number of rotatable bonds is 4. The molecule has 126 valence electrons. The standard InChI is InChI=1S/C16H17BrN4O2S/c1-4-23-14(22)12-9(2)18-15-19-16(24-3)20-21(15)13(12)10-5-7-11(17)8-6-10/h5-8,13H,4H2,1-3H3,(H,18,19,20)/t13-/m0/s1. The molecule has 24 heavy (non-hydrogen) atoms. The van der Waals surface area contributed by atoms with E-state index >= 15 is 0 Å². The first kappa shape index (κ1) is 17.0. The quantitative estimate of drug-likeness (QED) is 0.615. The zero-order chi connectivity index (χ0) is 17.3. The molecule has 0 spiro atoms. The topological polar surface area (TPSA) is 69.0 Å². The second-order valence-corrected chi connectivity index (χ2v) is 6.89. The minimum absolute atomic E-state index is 0.322. The third kappa shape index (κ3) is 3.08. The first-order valence-electron chi connectivity index (χ1n) is 7.46. The first-order valence-corrected chi connectivity index (χ1v) is 9.47. The summed E-state index contributed by atoms with van der Waals surface area (Å²) in [5, 5.41) is 8.34. The van der Waals surface area contributed by atoms with Crippen molar-refractivity contribution in [2.75, 3.05) is 18.2 Å². The summed E-state index contributed by atoms with van der Waals surface area (Å²) < 4.78 is 7.98. The molecule has 2 heterocycles. The number of benzene rings is 1. The summed E-state index contributed by atoms with van der Waals surface area (Å²) in [7, 11) is 0. The lowest BCUT2D eigenvalue weighted by molar-refractivity contribution is -0.139. The Bertz CT molecular complexity index is 801. The van der Waals surface area contributed by atoms with Crippen LogP contribution in [0.15, 0.2) is 45.2 Å². The van der Waals surface area contributed by atoms with Gasteiger partial charge in [0.2, 0.25) is 11.1 Å². The maximum atomic E-state index is 12.5. The summed E-state index contributed by atoms with van der Waals surface area (Å²) in [5.74, 6) is 0.278. The largest absolute Gasteiger partial charge is 0.463 e. The van der Waals surface area contributed by atoms with Crippen LogP contribution in [-0.2, 0) is 9.53 Å². The molecule has 8 heteroatoms. The predicted octanol–water partition coefficient (Wildman–Crippen LogP) is 3.61. The lowest BCUT2D eigenvalue weighted by Gasteiger charge is -2.28. The highest BCUT2D eigenvalue weighted by Gasteiger charge is 2.34. The van der Waals surface area contributed by atoms with Gasteiger partial charge in [-0.25, -0.2) is 9.48 Å². The fourth-order valence-corrected chi connectivity index (χ4v) is 3.26. The number of carbonyl (C=O) groups is 1. The van der Waals surface area contributed by atoms with E-state index in [1.807, 2.05) is 37.4 Å². The van der Waals surface area contributed by atoms with Crippen LogP contribution in [0, 0.1) is 0 Å². The second-order valence-electron chi connectivity index (χ2n) is 5.20. The molecule has 0 saturated carbocycles. The Morgan fingerprint density at radius 1 is 1.42 bits per heavy atom. The Hall–Kier alpha value is -1.80. The zero-order valence-corrected chi connectivity index (χ0v) is 15.9. The highest BCUT2D eigenvalue weighted by Crippen LogP contribution is 2.36. The van der Waals surface area contributed by atoms with Gasteiger partial charge in [0.05, 0.1) is 12.2 Å². The molecule has 2 aromatic rings. The van der Waals surface area contributed by atoms with Gasteiger partial charge in [0, 0.05) is 10.2 Å². The Morgan fingerprint density at radius 2 is 2.12 bits per heavy atom. The van der Waals surface area contributed by atoms with Crippen molar-refractivity contribution in [3.05, 3.63) is 45.6 Å². The minimum Gasteiger partial charge on any atom is -0.463 e. The van der Waals surface area contributed by atoms with Gasteiger partial charge in [-0.1, -0.05) is 39.8 Å². The van der Waals surface area contributed by atoms with Crippen LogP contribution >= 0.6 is 27.7 Å². The molecule has 0 amide bonds. The van der Waals surface area contributed by atoms with Gasteiger partial charge in [-0.3, -0.25) is 0 Å². The summed E-state index contributed by atoms with van der Waals surface area (Å²) in [6.45, 7) is 3.98. The van der Waals surface area contributed by atoms with Crippen molar-refractivity contribution in [2.24, 2.45) is 0 Å². The molecule has 1 N–H and O–H groups in total. The molecule has 1 aromatic carbocycles. The smallest absolute Gasteiger partial charge is 0.338 e. The molecule has 6 nitrogen and oxygen atoms in total. The molecule has 0 radical (unpaired) electrons. The number of thioether (sulfide) groups is 1. The highest BCUT2D eigenvalue weighted by atomic mass is 79.9. The number of ether oxygens (including phenoxy) is 1. The number of allylic oxidation sites excluding steroid dienone is 1. The van der Waals surface area contributed by atoms with Crippen molar-refractivity contribution < 1.29 is 9.53 Å². The Balaban J connectivity index is 2.15. The van der Waals surface area contributed by atoms with E-state index in [0.29, 0.717) is 23.3 Å². The van der Waals surface area contributed by atoms with Gasteiger partial charge in [-0.2, -0.15) is 4.98 Å². The number of aromatic nitrogens is 3. The Labute approximate surface area is 152 Å². The van der Waals surface area contributed by atoms with Crippen molar-refractivity contribution in [1.29, 1.82) is 0 Å². The van der Waals surface area contributed by atoms with Crippen molar-refractivity contribution in [3.63, 3.8) is 0 Å². The minimum atomic E-state index is -0.373. The second kappa shape index (κ2) is 6.98. The highest BCUT2D eigenvalue weighted by molar-refractivity contribution is 9.10. The maximum Gasteiger partial charge on any atom is 0.338 e. The SMILES string of the molecule is CCOC(=O)C1=C(C)Nc2nc(SC)nn2[C@H]1c1ccc(Br)cc1. The van der Waals surface area contributed by atoms with E-state index in [-0.39, 0.29) is 12.0 Å². The number of anilines is 1. The van der Waals surface area contributed by atoms with E-state index in [2.05, 4.69) is 31.3 Å². The maximum absolute atomic E-state index is 12.5. The van der Waals surface area contributed by atoms with Crippen molar-refractivity contribution >= 4 is 39.6 Å². The molecule has 1 aliphatic rings. The van der Waals surface area contributed by atoms with E-state index in [1.54, 1.807) is 11.6 Å². The normalized spacial score (nSPS) is 16.6. The number of nitrogens with zero attached hydrogens (tertiary/aromatic N) is 3. The van der Waals surface area contributed by atoms with Crippen molar-refractivity contribution in [1.82, 2.24) is 14.8 Å². The lowest BCUT2D eigenvalue weighted by Crippen LogP contribution is -2.29. The summed E-state index contributed by atoms with van der Waals surface area (Å²) in [4.78, 5) is 17.0. The number of hydrogen-bond acceptors (Lipinski definition) is 6. The molecule has 0 bridgehead atoms. The Morgan fingerprint density at radius 3 is 2.75 bits per heavy atom. The van der Waals surface area contributed by atoms with Crippen LogP contribution in [0.3, 0.4) is 0 Å². The lowest BCUT2D eigenvalue weighted by atomic mass is 9.96. The fourth-order valence-electron chi connectivity index (χ4n) is 2.64. The molecule has 0 unspecified atom stereocenters. The van der Waals surface area contributed by atoms with Gasteiger partial charge in [0.1, 0.15) is 6.04 Å². The summed E-state index contributed by atoms with van der Waals surface area (Å²) >= 11 is 4.90. The number of nitrogens with one attached hydrogen (secondary N) is 1. The van der Waals surface area contributed by atoms with Crippen LogP contribution in [0.5, 0.6) is 0 Å². The van der Waals surface area contributed by atoms with E-state index in [9.17, 15) is 4.79 Å². The molecule has 0 aliphatic carbocycles. The number of hydrogen-bond donors (Lipinski definition) is 1. The van der Waals surface area contributed by atoms with Gasteiger partial charge in [-0.05, 0) is 37.8 Å². The average Bonchev–Trinajstić information content (AvgIpc) is 2.97. The average molecular weight is 409 g/mol. The van der Waals surface area contributed by atoms with E-state index in [1.165, 1.54) is 11.8 Å². The van der Waals surface area contributed by atoms with Gasteiger partial charge in [0.15, 0.2) is 0 Å². The van der Waals surface area contributed by atoms with Crippen LogP contribution in [0.2, 0.25) is 0 Å². The molecule has 0 fully saturated rings. The van der Waals surface area contributed by atoms with Crippen LogP contribution in [0.1, 0.15) is 25.5 Å². The fraction of sp³-hybridized carbons (Fsp3) is 0.312. The molecule has 1 atom stereocenters. The Kier molecular flexibility index (Phi) is 4.96. The zero-order valence-electron chi connectivity index (χ0n) is 13.5. The molecule has 0 saturated heterocycles. The molecular weight excluding hydrogens is 392 g/mol. The third-order valence-electron chi connectivity index (χ3n) is 3.70.